The largest absolute Gasteiger partial charge is 0.493 e. The fraction of sp³-hybridized carbons (Fsp3) is 0.568. The maximum absolute atomic E-state index is 14.5. The van der Waals surface area contributed by atoms with Gasteiger partial charge in [0.25, 0.3) is 0 Å². The average molecular weight is 607 g/mol. The van der Waals surface area contributed by atoms with Gasteiger partial charge in [0.15, 0.2) is 0 Å². The van der Waals surface area contributed by atoms with E-state index < -0.39 is 11.9 Å². The van der Waals surface area contributed by atoms with Crippen LogP contribution in [0.4, 0.5) is 10.1 Å². The molecule has 2 heterocycles. The summed E-state index contributed by atoms with van der Waals surface area (Å²) >= 11 is 0. The van der Waals surface area contributed by atoms with E-state index in [4.69, 9.17) is 4.74 Å². The molecule has 2 aliphatic rings. The van der Waals surface area contributed by atoms with Gasteiger partial charge in [-0.05, 0) is 86.4 Å². The normalized spacial score (nSPS) is 20.0. The molecule has 0 spiro atoms. The molecular formula is C37H51FN2O4. The molecule has 44 heavy (non-hydrogen) atoms. The van der Waals surface area contributed by atoms with Crippen LogP contribution in [0.5, 0.6) is 5.75 Å². The lowest BCUT2D eigenvalue weighted by Crippen LogP contribution is -2.48. The van der Waals surface area contributed by atoms with E-state index in [2.05, 4.69) is 58.6 Å². The van der Waals surface area contributed by atoms with Crippen LogP contribution in [0.15, 0.2) is 48.0 Å². The van der Waals surface area contributed by atoms with Gasteiger partial charge in [0.2, 0.25) is 5.91 Å². The molecule has 2 aliphatic heterocycles. The molecule has 1 amide bonds. The second-order valence-corrected chi connectivity index (χ2v) is 13.8. The number of halogens is 1. The van der Waals surface area contributed by atoms with Crippen LogP contribution in [0.1, 0.15) is 96.3 Å². The first-order valence-corrected chi connectivity index (χ1v) is 16.3. The molecule has 6 nitrogen and oxygen atoms in total. The fourth-order valence-electron chi connectivity index (χ4n) is 7.56. The molecule has 1 fully saturated rings. The van der Waals surface area contributed by atoms with Gasteiger partial charge in [-0.1, -0.05) is 64.3 Å². The number of carboxylic acids is 1. The van der Waals surface area contributed by atoms with Gasteiger partial charge in [0.05, 0.1) is 19.1 Å². The van der Waals surface area contributed by atoms with Crippen molar-refractivity contribution in [3.63, 3.8) is 0 Å². The van der Waals surface area contributed by atoms with Gasteiger partial charge in [-0.25, -0.2) is 4.39 Å². The lowest BCUT2D eigenvalue weighted by Gasteiger charge is -2.36. The third kappa shape index (κ3) is 7.71. The number of rotatable bonds is 13. The van der Waals surface area contributed by atoms with E-state index in [9.17, 15) is 19.1 Å². The molecule has 0 aliphatic carbocycles. The third-order valence-corrected chi connectivity index (χ3v) is 9.23. The Morgan fingerprint density at radius 1 is 1.14 bits per heavy atom. The second-order valence-electron chi connectivity index (χ2n) is 13.8. The Bertz CT molecular complexity index is 1360. The molecule has 4 rings (SSSR count). The van der Waals surface area contributed by atoms with Crippen molar-refractivity contribution in [2.75, 3.05) is 24.6 Å². The van der Waals surface area contributed by atoms with Crippen molar-refractivity contribution in [3.05, 3.63) is 70.6 Å². The number of carbonyl (C=O) groups excluding carboxylic acids is 1. The van der Waals surface area contributed by atoms with E-state index in [0.29, 0.717) is 30.8 Å². The Kier molecular flexibility index (Phi) is 10.9. The molecule has 2 aromatic carbocycles. The highest BCUT2D eigenvalue weighted by Gasteiger charge is 2.49. The Labute approximate surface area is 263 Å². The summed E-state index contributed by atoms with van der Waals surface area (Å²) in [5.74, 6) is -1.26. The van der Waals surface area contributed by atoms with Gasteiger partial charge < -0.3 is 14.7 Å². The van der Waals surface area contributed by atoms with Crippen LogP contribution >= 0.6 is 0 Å². The van der Waals surface area contributed by atoms with E-state index in [1.807, 2.05) is 17.0 Å². The van der Waals surface area contributed by atoms with Gasteiger partial charge in [-0.2, -0.15) is 0 Å². The Morgan fingerprint density at radius 2 is 1.84 bits per heavy atom. The highest BCUT2D eigenvalue weighted by molar-refractivity contribution is 5.95. The number of carbonyl (C=O) groups is 2. The Morgan fingerprint density at radius 3 is 2.45 bits per heavy atom. The summed E-state index contributed by atoms with van der Waals surface area (Å²) in [5.41, 5.74) is 4.22. The van der Waals surface area contributed by atoms with Gasteiger partial charge >= 0.3 is 5.97 Å². The molecule has 2 aromatic rings. The Hall–Kier alpha value is -3.19. The van der Waals surface area contributed by atoms with E-state index >= 15 is 0 Å². The van der Waals surface area contributed by atoms with Crippen molar-refractivity contribution in [2.24, 2.45) is 11.3 Å². The van der Waals surface area contributed by atoms with E-state index in [0.717, 1.165) is 49.0 Å². The lowest BCUT2D eigenvalue weighted by atomic mass is 9.77. The van der Waals surface area contributed by atoms with Crippen molar-refractivity contribution in [1.82, 2.24) is 4.90 Å². The van der Waals surface area contributed by atoms with Gasteiger partial charge in [0.1, 0.15) is 11.6 Å². The van der Waals surface area contributed by atoms with Crippen molar-refractivity contribution in [3.8, 4) is 5.75 Å². The van der Waals surface area contributed by atoms with Crippen molar-refractivity contribution in [1.29, 1.82) is 0 Å². The second kappa shape index (κ2) is 14.3. The zero-order valence-electron chi connectivity index (χ0n) is 27.7. The monoisotopic (exact) mass is 606 g/mol. The first kappa shape index (κ1) is 33.7. The Balaban J connectivity index is 1.74. The number of nitrogens with zero attached hydrogens (tertiary/aromatic N) is 2. The fourth-order valence-corrected chi connectivity index (χ4v) is 7.56. The number of benzene rings is 2. The number of carboxylic acid groups (broad SMARTS) is 1. The van der Waals surface area contributed by atoms with Crippen molar-refractivity contribution >= 4 is 17.6 Å². The SMILES string of the molecule is CCCC(CCC)N(C(=O)CN1C[C@H](c2ccc3c(c2)CCO3)[C@@H](C(=O)O)[C@@H]1CC(C)(C)C=C(C)C)c1ccc(F)c(C)c1. The number of anilines is 1. The number of fused-ring (bicyclic) bond motifs is 1. The van der Waals surface area contributed by atoms with Gasteiger partial charge in [-0.3, -0.25) is 14.5 Å². The molecule has 240 valence electrons. The predicted molar refractivity (Wildman–Crippen MR) is 175 cm³/mol. The van der Waals surface area contributed by atoms with Crippen LogP contribution in [0.3, 0.4) is 0 Å². The van der Waals surface area contributed by atoms with Crippen LogP contribution in [0.2, 0.25) is 0 Å². The summed E-state index contributed by atoms with van der Waals surface area (Å²) in [6, 6.07) is 10.6. The predicted octanol–water partition coefficient (Wildman–Crippen LogP) is 7.92. The van der Waals surface area contributed by atoms with Gasteiger partial charge in [-0.15, -0.1) is 0 Å². The van der Waals surface area contributed by atoms with Crippen LogP contribution in [-0.2, 0) is 16.0 Å². The maximum Gasteiger partial charge on any atom is 0.308 e. The van der Waals surface area contributed by atoms with E-state index in [1.165, 1.54) is 11.6 Å². The smallest absolute Gasteiger partial charge is 0.308 e. The third-order valence-electron chi connectivity index (χ3n) is 9.23. The molecule has 1 N–H and O–H groups in total. The standard InChI is InChI=1S/C37H51FN2O4/c1-8-10-28(11-9-2)40(29-13-14-31(38)25(5)18-29)34(41)23-39-22-30(26-12-15-33-27(19-26)16-17-44-33)35(36(42)43)32(39)21-37(6,7)20-24(3)4/h12-15,18-20,28,30,32,35H,8-11,16-17,21-23H2,1-7H3,(H,42,43)/t30-,32+,35-/m1/s1. The number of allylic oxidation sites excluding steroid dienone is 2. The molecule has 0 radical (unpaired) electrons. The number of hydrogen-bond acceptors (Lipinski definition) is 4. The number of aryl methyl sites for hydroxylation is 1. The zero-order chi connectivity index (χ0) is 32.2. The minimum Gasteiger partial charge on any atom is -0.493 e. The van der Waals surface area contributed by atoms with Crippen LogP contribution in [-0.4, -0.2) is 53.7 Å². The molecule has 0 bridgehead atoms. The molecule has 1 saturated heterocycles. The van der Waals surface area contributed by atoms with Crippen LogP contribution in [0, 0.1) is 24.1 Å². The summed E-state index contributed by atoms with van der Waals surface area (Å²) in [5, 5.41) is 10.7. The molecule has 0 aromatic heterocycles. The quantitative estimate of drug-likeness (QED) is 0.235. The molecule has 7 heteroatoms. The lowest BCUT2D eigenvalue weighted by molar-refractivity contribution is -0.143. The van der Waals surface area contributed by atoms with Gasteiger partial charge in [0, 0.05) is 36.7 Å². The molecular weight excluding hydrogens is 555 g/mol. The van der Waals surface area contributed by atoms with E-state index in [-0.39, 0.29) is 41.7 Å². The van der Waals surface area contributed by atoms with Crippen LogP contribution < -0.4 is 9.64 Å². The molecule has 0 unspecified atom stereocenters. The highest BCUT2D eigenvalue weighted by atomic mass is 19.1. The topological polar surface area (TPSA) is 70.1 Å². The van der Waals surface area contributed by atoms with Crippen molar-refractivity contribution in [2.45, 2.75) is 105 Å². The summed E-state index contributed by atoms with van der Waals surface area (Å²) in [6.07, 6.45) is 7.14. The molecule has 0 saturated carbocycles. The minimum absolute atomic E-state index is 0.0201. The zero-order valence-corrected chi connectivity index (χ0v) is 27.7. The number of ether oxygens (including phenoxy) is 1. The summed E-state index contributed by atoms with van der Waals surface area (Å²) in [6.45, 7) is 15.6. The number of hydrogen-bond donors (Lipinski definition) is 1. The minimum atomic E-state index is -0.833. The number of likely N-dealkylation sites (tertiary alicyclic amines) is 1. The summed E-state index contributed by atoms with van der Waals surface area (Å²) < 4.78 is 20.0. The molecule has 3 atom stereocenters. The summed E-state index contributed by atoms with van der Waals surface area (Å²) in [7, 11) is 0. The average Bonchev–Trinajstić information content (AvgIpc) is 3.54. The maximum atomic E-state index is 14.5. The number of aliphatic carboxylic acids is 1. The van der Waals surface area contributed by atoms with E-state index in [1.54, 1.807) is 19.1 Å². The highest BCUT2D eigenvalue weighted by Crippen LogP contribution is 2.44. The van der Waals surface area contributed by atoms with Crippen molar-refractivity contribution < 1.29 is 23.8 Å². The van der Waals surface area contributed by atoms with Crippen LogP contribution in [0.25, 0.3) is 0 Å². The first-order valence-electron chi connectivity index (χ1n) is 16.3. The summed E-state index contributed by atoms with van der Waals surface area (Å²) in [4.78, 5) is 31.5. The number of amides is 1. The first-order chi connectivity index (χ1) is 20.8.